The zero-order valence-corrected chi connectivity index (χ0v) is 22.6. The number of ether oxygens (including phenoxy) is 2. The van der Waals surface area contributed by atoms with Crippen LogP contribution in [0.3, 0.4) is 0 Å². The first kappa shape index (κ1) is 26.5. The second-order valence-corrected chi connectivity index (χ2v) is 10.4. The van der Waals surface area contributed by atoms with Crippen LogP contribution in [-0.4, -0.2) is 70.8 Å². The van der Waals surface area contributed by atoms with E-state index in [1.807, 2.05) is 18.2 Å². The highest BCUT2D eigenvalue weighted by molar-refractivity contribution is 6.05. The number of imide groups is 1. The lowest BCUT2D eigenvalue weighted by Gasteiger charge is -2.35. The topological polar surface area (TPSA) is 131 Å². The van der Waals surface area contributed by atoms with Crippen molar-refractivity contribution < 1.29 is 33.1 Å². The van der Waals surface area contributed by atoms with Crippen LogP contribution in [0, 0.1) is 0 Å². The molecule has 3 aromatic rings. The second-order valence-electron chi connectivity index (χ2n) is 10.4. The Bertz CT molecular complexity index is 1500. The summed E-state index contributed by atoms with van der Waals surface area (Å²) < 4.78 is 17.0. The molecule has 1 aromatic heterocycles. The molecule has 11 heteroatoms. The number of piperidine rings is 2. The van der Waals surface area contributed by atoms with Crippen LogP contribution >= 0.6 is 0 Å². The third-order valence-electron chi connectivity index (χ3n) is 7.95. The van der Waals surface area contributed by atoms with Crippen molar-refractivity contribution in [1.82, 2.24) is 20.1 Å². The molecular formula is C30H30N4O7. The Labute approximate surface area is 236 Å². The molecule has 1 N–H and O–H groups in total. The summed E-state index contributed by atoms with van der Waals surface area (Å²) in [5.74, 6) is 0.494. The quantitative estimate of drug-likeness (QED) is 0.438. The van der Waals surface area contributed by atoms with Gasteiger partial charge in [-0.05, 0) is 73.7 Å². The third-order valence-corrected chi connectivity index (χ3v) is 7.95. The maximum atomic E-state index is 13.6. The molecular weight excluding hydrogens is 528 g/mol. The van der Waals surface area contributed by atoms with E-state index in [4.69, 9.17) is 13.9 Å². The smallest absolute Gasteiger partial charge is 0.276 e. The van der Waals surface area contributed by atoms with E-state index in [0.29, 0.717) is 35.8 Å². The van der Waals surface area contributed by atoms with Crippen LogP contribution in [0.2, 0.25) is 0 Å². The molecule has 0 bridgehead atoms. The average Bonchev–Trinajstić information content (AvgIpc) is 3.61. The number of nitrogens with one attached hydrogen (secondary N) is 1. The number of benzene rings is 2. The fourth-order valence-electron chi connectivity index (χ4n) is 5.76. The first-order chi connectivity index (χ1) is 19.9. The van der Waals surface area contributed by atoms with E-state index < -0.39 is 11.9 Å². The van der Waals surface area contributed by atoms with Crippen LogP contribution in [0.15, 0.2) is 53.3 Å². The van der Waals surface area contributed by atoms with Gasteiger partial charge in [0.05, 0.1) is 13.2 Å². The summed E-state index contributed by atoms with van der Waals surface area (Å²) in [7, 11) is 1.59. The molecule has 2 saturated heterocycles. The molecule has 2 fully saturated rings. The van der Waals surface area contributed by atoms with Gasteiger partial charge in [-0.3, -0.25) is 24.5 Å². The van der Waals surface area contributed by atoms with E-state index in [1.54, 1.807) is 36.3 Å². The Balaban J connectivity index is 1.14. The number of methoxy groups -OCH3 is 1. The predicted molar refractivity (Wildman–Crippen MR) is 145 cm³/mol. The lowest BCUT2D eigenvalue weighted by atomic mass is 10.0. The van der Waals surface area contributed by atoms with Crippen molar-refractivity contribution >= 4 is 23.6 Å². The minimum absolute atomic E-state index is 0.161. The summed E-state index contributed by atoms with van der Waals surface area (Å²) in [5.41, 5.74) is 2.27. The van der Waals surface area contributed by atoms with Gasteiger partial charge in [-0.25, -0.2) is 4.98 Å². The highest BCUT2D eigenvalue weighted by atomic mass is 16.5. The average molecular weight is 559 g/mol. The van der Waals surface area contributed by atoms with Gasteiger partial charge in [-0.15, -0.1) is 0 Å². The van der Waals surface area contributed by atoms with Gasteiger partial charge < -0.3 is 23.7 Å². The number of carbonyl (C=O) groups excluding carboxylic acids is 4. The van der Waals surface area contributed by atoms with Gasteiger partial charge >= 0.3 is 0 Å². The first-order valence-electron chi connectivity index (χ1n) is 13.7. The van der Waals surface area contributed by atoms with Gasteiger partial charge in [0.1, 0.15) is 24.1 Å². The van der Waals surface area contributed by atoms with Crippen LogP contribution < -0.4 is 14.8 Å². The number of likely N-dealkylation sites (tertiary alicyclic amines) is 1. The Kier molecular flexibility index (Phi) is 7.17. The Morgan fingerprint density at radius 2 is 1.88 bits per heavy atom. The number of hydrogen-bond donors (Lipinski definition) is 1. The van der Waals surface area contributed by atoms with Crippen LogP contribution in [0.4, 0.5) is 0 Å². The number of hydrogen-bond acceptors (Lipinski definition) is 8. The maximum absolute atomic E-state index is 13.6. The van der Waals surface area contributed by atoms with Crippen LogP contribution in [-0.2, 0) is 16.1 Å². The predicted octanol–water partition coefficient (Wildman–Crippen LogP) is 3.18. The van der Waals surface area contributed by atoms with Crippen molar-refractivity contribution in [1.29, 1.82) is 0 Å². The lowest BCUT2D eigenvalue weighted by molar-refractivity contribution is -0.136. The summed E-state index contributed by atoms with van der Waals surface area (Å²) in [6.45, 7) is 1.14. The molecule has 212 valence electrons. The van der Waals surface area contributed by atoms with Crippen molar-refractivity contribution in [3.63, 3.8) is 0 Å². The SMILES string of the molecule is COc1ccc(-c2ocnc2C(=O)N2CCCC[C@H]2COc2ccc3c(c2)CN(C2CCC(=O)NC2=O)C3=O)cc1. The molecule has 2 aromatic carbocycles. The van der Waals surface area contributed by atoms with E-state index in [-0.39, 0.29) is 49.0 Å². The summed E-state index contributed by atoms with van der Waals surface area (Å²) >= 11 is 0. The number of amides is 4. The number of rotatable bonds is 7. The molecule has 3 aliphatic rings. The zero-order chi connectivity index (χ0) is 28.5. The highest BCUT2D eigenvalue weighted by Gasteiger charge is 2.39. The van der Waals surface area contributed by atoms with E-state index >= 15 is 0 Å². The van der Waals surface area contributed by atoms with E-state index in [2.05, 4.69) is 10.3 Å². The fourth-order valence-corrected chi connectivity index (χ4v) is 5.76. The van der Waals surface area contributed by atoms with E-state index in [0.717, 1.165) is 30.4 Å². The normalized spacial score (nSPS) is 20.6. The minimum Gasteiger partial charge on any atom is -0.497 e. The Hall–Kier alpha value is -4.67. The van der Waals surface area contributed by atoms with Gasteiger partial charge in [0.25, 0.3) is 11.8 Å². The molecule has 4 amide bonds. The fraction of sp³-hybridized carbons (Fsp3) is 0.367. The number of carbonyl (C=O) groups is 4. The largest absolute Gasteiger partial charge is 0.497 e. The van der Waals surface area contributed by atoms with Gasteiger partial charge in [-0.2, -0.15) is 0 Å². The molecule has 6 rings (SSSR count). The van der Waals surface area contributed by atoms with Gasteiger partial charge in [0.2, 0.25) is 11.8 Å². The number of aromatic nitrogens is 1. The molecule has 3 aliphatic heterocycles. The molecule has 41 heavy (non-hydrogen) atoms. The van der Waals surface area contributed by atoms with Gasteiger partial charge in [-0.1, -0.05) is 0 Å². The van der Waals surface area contributed by atoms with E-state index in [1.165, 1.54) is 11.3 Å². The standard InChI is InChI=1S/C30H30N4O7/c1-39-21-7-5-18(6-8-21)27-26(31-17-41-27)30(38)33-13-3-2-4-20(33)16-40-22-9-10-23-19(14-22)15-34(29(23)37)24-11-12-25(35)32-28(24)36/h5-10,14,17,20,24H,2-4,11-13,15-16H2,1H3,(H,32,35,36)/t20-,24?/m0/s1. The number of fused-ring (bicyclic) bond motifs is 1. The molecule has 0 spiro atoms. The molecule has 11 nitrogen and oxygen atoms in total. The third kappa shape index (κ3) is 5.15. The lowest BCUT2D eigenvalue weighted by Crippen LogP contribution is -2.52. The second kappa shape index (κ2) is 11.1. The Morgan fingerprint density at radius 1 is 1.07 bits per heavy atom. The van der Waals surface area contributed by atoms with Crippen LogP contribution in [0.5, 0.6) is 11.5 Å². The summed E-state index contributed by atoms with van der Waals surface area (Å²) in [4.78, 5) is 58.1. The molecule has 0 aliphatic carbocycles. The van der Waals surface area contributed by atoms with Crippen molar-refractivity contribution in [2.45, 2.75) is 50.7 Å². The minimum atomic E-state index is -0.668. The van der Waals surface area contributed by atoms with Crippen molar-refractivity contribution in [3.05, 3.63) is 65.7 Å². The van der Waals surface area contributed by atoms with E-state index in [9.17, 15) is 19.2 Å². The summed E-state index contributed by atoms with van der Waals surface area (Å²) in [6.07, 6.45) is 4.44. The van der Waals surface area contributed by atoms with Crippen molar-refractivity contribution in [3.8, 4) is 22.8 Å². The number of oxazole rings is 1. The Morgan fingerprint density at radius 3 is 2.66 bits per heavy atom. The zero-order valence-electron chi connectivity index (χ0n) is 22.6. The molecule has 4 heterocycles. The maximum Gasteiger partial charge on any atom is 0.276 e. The molecule has 0 saturated carbocycles. The monoisotopic (exact) mass is 558 g/mol. The van der Waals surface area contributed by atoms with Gasteiger partial charge in [0.15, 0.2) is 17.8 Å². The number of nitrogens with zero attached hydrogens (tertiary/aromatic N) is 3. The molecule has 2 atom stereocenters. The van der Waals surface area contributed by atoms with Crippen molar-refractivity contribution in [2.75, 3.05) is 20.3 Å². The summed E-state index contributed by atoms with van der Waals surface area (Å²) in [6, 6.07) is 11.7. The first-order valence-corrected chi connectivity index (χ1v) is 13.7. The van der Waals surface area contributed by atoms with Crippen molar-refractivity contribution in [2.24, 2.45) is 0 Å². The molecule has 1 unspecified atom stereocenters. The van der Waals surface area contributed by atoms with Crippen LogP contribution in [0.25, 0.3) is 11.3 Å². The van der Waals surface area contributed by atoms with Gasteiger partial charge in [0, 0.05) is 30.6 Å². The summed E-state index contributed by atoms with van der Waals surface area (Å²) in [5, 5.41) is 2.32. The molecule has 0 radical (unpaired) electrons. The highest BCUT2D eigenvalue weighted by Crippen LogP contribution is 2.32. The van der Waals surface area contributed by atoms with Crippen LogP contribution in [0.1, 0.15) is 58.5 Å².